The lowest BCUT2D eigenvalue weighted by atomic mass is 10.2. The van der Waals surface area contributed by atoms with Crippen molar-refractivity contribution < 1.29 is 9.53 Å². The van der Waals surface area contributed by atoms with Gasteiger partial charge in [-0.3, -0.25) is 0 Å². The second kappa shape index (κ2) is 5.34. The van der Waals surface area contributed by atoms with E-state index in [2.05, 4.69) is 28.9 Å². The van der Waals surface area contributed by atoms with E-state index in [0.29, 0.717) is 17.4 Å². The number of carbonyl (C=O) groups excluding carboxylic acids is 1. The van der Waals surface area contributed by atoms with Gasteiger partial charge in [-0.1, -0.05) is 6.92 Å². The Labute approximate surface area is 89.7 Å². The van der Waals surface area contributed by atoms with Crippen molar-refractivity contribution >= 4 is 11.8 Å². The lowest BCUT2D eigenvalue weighted by molar-refractivity contribution is 0.0600. The maximum Gasteiger partial charge on any atom is 0.338 e. The van der Waals surface area contributed by atoms with Gasteiger partial charge in [0.05, 0.1) is 12.7 Å². The molecule has 1 aromatic heterocycles. The van der Waals surface area contributed by atoms with Gasteiger partial charge >= 0.3 is 5.97 Å². The van der Waals surface area contributed by atoms with E-state index < -0.39 is 0 Å². The SMILES string of the molecule is CCC(C)Nc1cc(C(=O)OC)ccn1. The summed E-state index contributed by atoms with van der Waals surface area (Å²) in [5, 5.41) is 3.19. The van der Waals surface area contributed by atoms with Crippen molar-refractivity contribution in [2.45, 2.75) is 26.3 Å². The number of aromatic nitrogens is 1. The quantitative estimate of drug-likeness (QED) is 0.770. The number of ether oxygens (including phenoxy) is 1. The summed E-state index contributed by atoms with van der Waals surface area (Å²) in [6, 6.07) is 3.66. The Morgan fingerprint density at radius 1 is 1.67 bits per heavy atom. The predicted molar refractivity (Wildman–Crippen MR) is 59.0 cm³/mol. The third-order valence-corrected chi connectivity index (χ3v) is 2.19. The van der Waals surface area contributed by atoms with Crippen LogP contribution in [0.1, 0.15) is 30.6 Å². The molecule has 0 saturated carbocycles. The molecule has 0 aliphatic carbocycles. The van der Waals surface area contributed by atoms with Crippen molar-refractivity contribution in [2.24, 2.45) is 0 Å². The molecule has 4 heteroatoms. The van der Waals surface area contributed by atoms with E-state index >= 15 is 0 Å². The van der Waals surface area contributed by atoms with Crippen LogP contribution in [0.3, 0.4) is 0 Å². The number of pyridine rings is 1. The number of nitrogens with zero attached hydrogens (tertiary/aromatic N) is 1. The van der Waals surface area contributed by atoms with E-state index in [0.717, 1.165) is 6.42 Å². The Morgan fingerprint density at radius 3 is 3.00 bits per heavy atom. The molecule has 0 bridgehead atoms. The van der Waals surface area contributed by atoms with Gasteiger partial charge in [0.15, 0.2) is 0 Å². The van der Waals surface area contributed by atoms with Gasteiger partial charge in [0.2, 0.25) is 0 Å². The van der Waals surface area contributed by atoms with Gasteiger partial charge in [-0.15, -0.1) is 0 Å². The summed E-state index contributed by atoms with van der Waals surface area (Å²) in [7, 11) is 1.37. The summed E-state index contributed by atoms with van der Waals surface area (Å²) in [6.07, 6.45) is 2.60. The molecule has 1 rings (SSSR count). The highest BCUT2D eigenvalue weighted by atomic mass is 16.5. The Bertz CT molecular complexity index is 339. The maximum atomic E-state index is 11.2. The zero-order chi connectivity index (χ0) is 11.3. The molecule has 0 spiro atoms. The molecule has 0 aliphatic heterocycles. The topological polar surface area (TPSA) is 51.2 Å². The molecule has 15 heavy (non-hydrogen) atoms. The van der Waals surface area contributed by atoms with Gasteiger partial charge in [-0.25, -0.2) is 9.78 Å². The minimum Gasteiger partial charge on any atom is -0.465 e. The third-order valence-electron chi connectivity index (χ3n) is 2.19. The van der Waals surface area contributed by atoms with Crippen LogP contribution in [-0.4, -0.2) is 24.1 Å². The first-order chi connectivity index (χ1) is 7.17. The number of carbonyl (C=O) groups is 1. The van der Waals surface area contributed by atoms with Gasteiger partial charge in [0.1, 0.15) is 5.82 Å². The number of rotatable bonds is 4. The second-order valence-corrected chi connectivity index (χ2v) is 3.37. The molecule has 0 radical (unpaired) electrons. The highest BCUT2D eigenvalue weighted by Crippen LogP contribution is 2.09. The molecule has 0 amide bonds. The fourth-order valence-electron chi connectivity index (χ4n) is 1.11. The molecule has 1 unspecified atom stereocenters. The molecule has 0 aromatic carbocycles. The minimum absolute atomic E-state index is 0.338. The summed E-state index contributed by atoms with van der Waals surface area (Å²) < 4.78 is 4.63. The molecular formula is C11H16N2O2. The lowest BCUT2D eigenvalue weighted by Gasteiger charge is -2.12. The van der Waals surface area contributed by atoms with Crippen LogP contribution < -0.4 is 5.32 Å². The van der Waals surface area contributed by atoms with Crippen LogP contribution in [0.15, 0.2) is 18.3 Å². The van der Waals surface area contributed by atoms with E-state index in [1.165, 1.54) is 7.11 Å². The fourth-order valence-corrected chi connectivity index (χ4v) is 1.11. The van der Waals surface area contributed by atoms with Gasteiger partial charge in [0.25, 0.3) is 0 Å². The van der Waals surface area contributed by atoms with Gasteiger partial charge in [-0.2, -0.15) is 0 Å². The summed E-state index contributed by atoms with van der Waals surface area (Å²) >= 11 is 0. The van der Waals surface area contributed by atoms with Crippen LogP contribution in [-0.2, 0) is 4.74 Å². The van der Waals surface area contributed by atoms with Crippen LogP contribution in [0.4, 0.5) is 5.82 Å². The average molecular weight is 208 g/mol. The molecule has 1 atom stereocenters. The first-order valence-corrected chi connectivity index (χ1v) is 4.98. The Morgan fingerprint density at radius 2 is 2.40 bits per heavy atom. The highest BCUT2D eigenvalue weighted by Gasteiger charge is 2.07. The summed E-state index contributed by atoms with van der Waals surface area (Å²) in [5.74, 6) is 0.358. The maximum absolute atomic E-state index is 11.2. The fraction of sp³-hybridized carbons (Fsp3) is 0.455. The Balaban J connectivity index is 2.78. The van der Waals surface area contributed by atoms with Gasteiger partial charge in [-0.05, 0) is 25.5 Å². The van der Waals surface area contributed by atoms with E-state index in [9.17, 15) is 4.79 Å². The summed E-state index contributed by atoms with van der Waals surface area (Å²) in [5.41, 5.74) is 0.512. The molecule has 4 nitrogen and oxygen atoms in total. The van der Waals surface area contributed by atoms with Gasteiger partial charge in [0, 0.05) is 12.2 Å². The van der Waals surface area contributed by atoms with Crippen LogP contribution >= 0.6 is 0 Å². The number of hydrogen-bond acceptors (Lipinski definition) is 4. The minimum atomic E-state index is -0.343. The number of esters is 1. The first-order valence-electron chi connectivity index (χ1n) is 4.98. The molecule has 1 aromatic rings. The molecule has 82 valence electrons. The molecule has 1 heterocycles. The third kappa shape index (κ3) is 3.23. The molecular weight excluding hydrogens is 192 g/mol. The zero-order valence-electron chi connectivity index (χ0n) is 9.28. The molecule has 0 saturated heterocycles. The number of methoxy groups -OCH3 is 1. The average Bonchev–Trinajstić information content (AvgIpc) is 2.28. The molecule has 0 aliphatic rings. The highest BCUT2D eigenvalue weighted by molar-refractivity contribution is 5.89. The van der Waals surface area contributed by atoms with Crippen molar-refractivity contribution in [1.29, 1.82) is 0 Å². The predicted octanol–water partition coefficient (Wildman–Crippen LogP) is 2.08. The second-order valence-electron chi connectivity index (χ2n) is 3.37. The number of nitrogens with one attached hydrogen (secondary N) is 1. The van der Waals surface area contributed by atoms with E-state index in [4.69, 9.17) is 0 Å². The normalized spacial score (nSPS) is 11.9. The van der Waals surface area contributed by atoms with Crippen molar-refractivity contribution in [2.75, 3.05) is 12.4 Å². The van der Waals surface area contributed by atoms with Crippen LogP contribution in [0.25, 0.3) is 0 Å². The van der Waals surface area contributed by atoms with Crippen molar-refractivity contribution in [3.63, 3.8) is 0 Å². The van der Waals surface area contributed by atoms with Crippen molar-refractivity contribution in [3.8, 4) is 0 Å². The molecule has 0 fully saturated rings. The number of hydrogen-bond donors (Lipinski definition) is 1. The molecule has 1 N–H and O–H groups in total. The van der Waals surface area contributed by atoms with Gasteiger partial charge < -0.3 is 10.1 Å². The smallest absolute Gasteiger partial charge is 0.338 e. The lowest BCUT2D eigenvalue weighted by Crippen LogP contribution is -2.15. The van der Waals surface area contributed by atoms with E-state index in [1.54, 1.807) is 18.3 Å². The van der Waals surface area contributed by atoms with Crippen molar-refractivity contribution in [1.82, 2.24) is 4.98 Å². The number of anilines is 1. The van der Waals surface area contributed by atoms with Crippen LogP contribution in [0.5, 0.6) is 0 Å². The van der Waals surface area contributed by atoms with Crippen molar-refractivity contribution in [3.05, 3.63) is 23.9 Å². The first kappa shape index (κ1) is 11.5. The van der Waals surface area contributed by atoms with E-state index in [1.807, 2.05) is 0 Å². The standard InChI is InChI=1S/C11H16N2O2/c1-4-8(2)13-10-7-9(5-6-12-10)11(14)15-3/h5-8H,4H2,1-3H3,(H,12,13). The largest absolute Gasteiger partial charge is 0.465 e. The summed E-state index contributed by atoms with van der Waals surface area (Å²) in [4.78, 5) is 15.4. The zero-order valence-corrected chi connectivity index (χ0v) is 9.28. The Kier molecular flexibility index (Phi) is 4.09. The van der Waals surface area contributed by atoms with Crippen LogP contribution in [0, 0.1) is 0 Å². The van der Waals surface area contributed by atoms with Crippen LogP contribution in [0.2, 0.25) is 0 Å². The monoisotopic (exact) mass is 208 g/mol. The van der Waals surface area contributed by atoms with E-state index in [-0.39, 0.29) is 5.97 Å². The summed E-state index contributed by atoms with van der Waals surface area (Å²) in [6.45, 7) is 4.15. The Hall–Kier alpha value is -1.58.